The van der Waals surface area contributed by atoms with Crippen LogP contribution in [0.5, 0.6) is 0 Å². The second-order valence-electron chi connectivity index (χ2n) is 8.53. The molecule has 144 valence electrons. The summed E-state index contributed by atoms with van der Waals surface area (Å²) in [5.41, 5.74) is 4.85. The van der Waals surface area contributed by atoms with Gasteiger partial charge in [-0.15, -0.1) is 11.3 Å². The summed E-state index contributed by atoms with van der Waals surface area (Å²) in [4.78, 5) is 18.8. The van der Waals surface area contributed by atoms with Crippen molar-refractivity contribution in [1.29, 1.82) is 0 Å². The Bertz CT molecular complexity index is 904. The fourth-order valence-corrected chi connectivity index (χ4v) is 5.60. The highest BCUT2D eigenvalue weighted by molar-refractivity contribution is 7.15. The summed E-state index contributed by atoms with van der Waals surface area (Å²) in [5, 5.41) is 13.5. The van der Waals surface area contributed by atoms with Gasteiger partial charge in [-0.2, -0.15) is 0 Å². The van der Waals surface area contributed by atoms with Crippen LogP contribution in [0.1, 0.15) is 77.3 Å². The number of oxime groups is 1. The molecule has 0 amide bonds. The molecule has 27 heavy (non-hydrogen) atoms. The van der Waals surface area contributed by atoms with Gasteiger partial charge in [0.25, 0.3) is 0 Å². The van der Waals surface area contributed by atoms with Gasteiger partial charge in [0.15, 0.2) is 0 Å². The number of benzene rings is 1. The summed E-state index contributed by atoms with van der Waals surface area (Å²) in [5.74, 6) is -0.932. The Balaban J connectivity index is 2.17. The van der Waals surface area contributed by atoms with Crippen LogP contribution >= 0.6 is 11.3 Å². The molecule has 1 aliphatic rings. The van der Waals surface area contributed by atoms with Crippen molar-refractivity contribution < 1.29 is 14.7 Å². The number of carboxylic acid groups (broad SMARTS) is 1. The summed E-state index contributed by atoms with van der Waals surface area (Å²) in [6, 6.07) is 6.82. The van der Waals surface area contributed by atoms with Crippen LogP contribution in [0.4, 0.5) is 0 Å². The van der Waals surface area contributed by atoms with Crippen LogP contribution in [0.3, 0.4) is 0 Å². The number of thiophene rings is 1. The SMILES string of the molecule is CO/N=C(/c1ccc(C(=O)O)cc1)c1sc2c(c1C)C(C)(C)CCC2(C)C. The number of carbonyl (C=O) groups is 1. The lowest BCUT2D eigenvalue weighted by Gasteiger charge is -2.39. The first kappa shape index (κ1) is 19.6. The van der Waals surface area contributed by atoms with Crippen molar-refractivity contribution in [3.63, 3.8) is 0 Å². The fourth-order valence-electron chi connectivity index (χ4n) is 3.98. The van der Waals surface area contributed by atoms with Crippen LogP contribution in [-0.4, -0.2) is 23.9 Å². The Morgan fingerprint density at radius 1 is 1.07 bits per heavy atom. The summed E-state index contributed by atoms with van der Waals surface area (Å²) in [6.07, 6.45) is 2.32. The van der Waals surface area contributed by atoms with E-state index in [2.05, 4.69) is 39.8 Å². The van der Waals surface area contributed by atoms with Gasteiger partial charge in [-0.25, -0.2) is 4.79 Å². The third-order valence-electron chi connectivity index (χ3n) is 5.62. The molecule has 1 N–H and O–H groups in total. The highest BCUT2D eigenvalue weighted by atomic mass is 32.1. The predicted molar refractivity (Wildman–Crippen MR) is 110 cm³/mol. The van der Waals surface area contributed by atoms with Crippen molar-refractivity contribution in [3.05, 3.63) is 56.3 Å². The second-order valence-corrected chi connectivity index (χ2v) is 9.55. The van der Waals surface area contributed by atoms with Gasteiger partial charge in [0, 0.05) is 10.4 Å². The highest BCUT2D eigenvalue weighted by Crippen LogP contribution is 2.51. The first-order chi connectivity index (χ1) is 12.6. The van der Waals surface area contributed by atoms with Gasteiger partial charge in [-0.3, -0.25) is 0 Å². The Morgan fingerprint density at radius 3 is 2.15 bits per heavy atom. The van der Waals surface area contributed by atoms with E-state index in [-0.39, 0.29) is 16.4 Å². The van der Waals surface area contributed by atoms with Gasteiger partial charge in [0.2, 0.25) is 0 Å². The molecule has 0 spiro atoms. The molecule has 1 heterocycles. The van der Waals surface area contributed by atoms with Gasteiger partial charge in [0.1, 0.15) is 12.8 Å². The van der Waals surface area contributed by atoms with Crippen molar-refractivity contribution >= 4 is 23.0 Å². The molecule has 0 bridgehead atoms. The third-order valence-corrected chi connectivity index (χ3v) is 7.28. The Labute approximate surface area is 164 Å². The molecule has 1 aromatic carbocycles. The minimum absolute atomic E-state index is 0.134. The molecule has 1 aromatic heterocycles. The molecule has 0 atom stereocenters. The predicted octanol–water partition coefficient (Wildman–Crippen LogP) is 5.50. The summed E-state index contributed by atoms with van der Waals surface area (Å²) in [7, 11) is 1.54. The fraction of sp³-hybridized carbons (Fsp3) is 0.455. The molecule has 2 aromatic rings. The molecule has 3 rings (SSSR count). The summed E-state index contributed by atoms with van der Waals surface area (Å²) < 4.78 is 0. The standard InChI is InChI=1S/C22H27NO3S/c1-13-16-19(22(4,5)12-11-21(16,2)3)27-18(13)17(23-26-6)14-7-9-15(10-8-14)20(24)25/h7-10H,11-12H2,1-6H3,(H,24,25)/b23-17-. The first-order valence-corrected chi connectivity index (χ1v) is 10.00. The Hall–Kier alpha value is -2.14. The van der Waals surface area contributed by atoms with E-state index < -0.39 is 5.97 Å². The summed E-state index contributed by atoms with van der Waals surface area (Å²) >= 11 is 1.80. The topological polar surface area (TPSA) is 58.9 Å². The molecule has 0 fully saturated rings. The van der Waals surface area contributed by atoms with Crippen LogP contribution in [0.2, 0.25) is 0 Å². The lowest BCUT2D eigenvalue weighted by Crippen LogP contribution is -2.32. The van der Waals surface area contributed by atoms with Crippen LogP contribution in [-0.2, 0) is 15.7 Å². The lowest BCUT2D eigenvalue weighted by molar-refractivity contribution is 0.0697. The zero-order valence-corrected chi connectivity index (χ0v) is 17.7. The van der Waals surface area contributed by atoms with Gasteiger partial charge in [0.05, 0.1) is 10.4 Å². The summed E-state index contributed by atoms with van der Waals surface area (Å²) in [6.45, 7) is 11.4. The lowest BCUT2D eigenvalue weighted by atomic mass is 9.66. The maximum atomic E-state index is 11.2. The molecule has 0 aliphatic heterocycles. The second kappa shape index (κ2) is 6.79. The number of aromatic carboxylic acids is 1. The highest BCUT2D eigenvalue weighted by Gasteiger charge is 2.41. The van der Waals surface area contributed by atoms with Gasteiger partial charge >= 0.3 is 5.97 Å². The van der Waals surface area contributed by atoms with Crippen molar-refractivity contribution in [2.45, 2.75) is 58.3 Å². The van der Waals surface area contributed by atoms with E-state index in [1.54, 1.807) is 42.7 Å². The van der Waals surface area contributed by atoms with Crippen molar-refractivity contribution in [2.24, 2.45) is 5.16 Å². The molecule has 4 nitrogen and oxygen atoms in total. The van der Waals surface area contributed by atoms with E-state index in [0.29, 0.717) is 0 Å². The maximum Gasteiger partial charge on any atom is 0.335 e. The van der Waals surface area contributed by atoms with E-state index in [9.17, 15) is 4.79 Å². The van der Waals surface area contributed by atoms with Crippen molar-refractivity contribution in [2.75, 3.05) is 7.11 Å². The number of carboxylic acids is 1. The van der Waals surface area contributed by atoms with Crippen LogP contribution < -0.4 is 0 Å². The number of hydrogen-bond acceptors (Lipinski definition) is 4. The molecule has 0 radical (unpaired) electrons. The van der Waals surface area contributed by atoms with Gasteiger partial charge in [-0.05, 0) is 53.9 Å². The largest absolute Gasteiger partial charge is 0.478 e. The molecule has 1 aliphatic carbocycles. The molecular weight excluding hydrogens is 358 g/mol. The van der Waals surface area contributed by atoms with E-state index >= 15 is 0 Å². The molecule has 0 saturated carbocycles. The monoisotopic (exact) mass is 385 g/mol. The Morgan fingerprint density at radius 2 is 1.63 bits per heavy atom. The quantitative estimate of drug-likeness (QED) is 0.558. The smallest absolute Gasteiger partial charge is 0.335 e. The maximum absolute atomic E-state index is 11.2. The third kappa shape index (κ3) is 3.41. The van der Waals surface area contributed by atoms with E-state index in [1.165, 1.54) is 16.0 Å². The van der Waals surface area contributed by atoms with Crippen LogP contribution in [0.25, 0.3) is 0 Å². The van der Waals surface area contributed by atoms with E-state index in [4.69, 9.17) is 9.94 Å². The normalized spacial score (nSPS) is 18.1. The molecular formula is C22H27NO3S. The number of rotatable bonds is 4. The van der Waals surface area contributed by atoms with Crippen molar-refractivity contribution in [3.8, 4) is 0 Å². The first-order valence-electron chi connectivity index (χ1n) is 9.18. The van der Waals surface area contributed by atoms with Crippen LogP contribution in [0.15, 0.2) is 29.4 Å². The van der Waals surface area contributed by atoms with Gasteiger partial charge < -0.3 is 9.94 Å². The number of hydrogen-bond donors (Lipinski definition) is 1. The molecule has 5 heteroatoms. The minimum Gasteiger partial charge on any atom is -0.478 e. The van der Waals surface area contributed by atoms with E-state index in [0.717, 1.165) is 29.0 Å². The number of nitrogens with zero attached hydrogens (tertiary/aromatic N) is 1. The number of fused-ring (bicyclic) bond motifs is 1. The average molecular weight is 386 g/mol. The zero-order chi connectivity index (χ0) is 20.0. The minimum atomic E-state index is -0.932. The molecule has 0 saturated heterocycles. The van der Waals surface area contributed by atoms with E-state index in [1.807, 2.05) is 0 Å². The average Bonchev–Trinajstić information content (AvgIpc) is 2.97. The zero-order valence-electron chi connectivity index (χ0n) is 16.8. The van der Waals surface area contributed by atoms with Crippen molar-refractivity contribution in [1.82, 2.24) is 0 Å². The van der Waals surface area contributed by atoms with Gasteiger partial charge in [-0.1, -0.05) is 45.0 Å². The molecule has 0 unspecified atom stereocenters. The Kier molecular flexibility index (Phi) is 4.93. The van der Waals surface area contributed by atoms with Crippen LogP contribution in [0, 0.1) is 6.92 Å².